The van der Waals surface area contributed by atoms with E-state index in [4.69, 9.17) is 15.2 Å². The van der Waals surface area contributed by atoms with Crippen molar-refractivity contribution in [2.75, 3.05) is 26.3 Å². The molecule has 0 aromatic carbocycles. The van der Waals surface area contributed by atoms with Gasteiger partial charge in [0.25, 0.3) is 0 Å². The number of nitrogens with one attached hydrogen (secondary N) is 3. The molecule has 3 saturated heterocycles. The molecule has 12 atom stereocenters. The van der Waals surface area contributed by atoms with Gasteiger partial charge >= 0.3 is 12.0 Å². The Morgan fingerprint density at radius 1 is 0.883 bits per heavy atom. The monoisotopic (exact) mass is 836 g/mol. The van der Waals surface area contributed by atoms with Crippen LogP contribution in [0.2, 0.25) is 0 Å². The number of fused-ring (bicyclic) bond motifs is 3. The molecule has 3 aliphatic heterocycles. The number of cyclic esters (lactones) is 1. The summed E-state index contributed by atoms with van der Waals surface area (Å²) in [5.41, 5.74) is 4.03. The molecule has 60 heavy (non-hydrogen) atoms. The van der Waals surface area contributed by atoms with Crippen LogP contribution in [0.5, 0.6) is 0 Å². The van der Waals surface area contributed by atoms with Crippen LogP contribution in [-0.4, -0.2) is 108 Å². The van der Waals surface area contributed by atoms with E-state index in [1.54, 1.807) is 0 Å². The highest BCUT2D eigenvalue weighted by Gasteiger charge is 2.78. The quantitative estimate of drug-likeness (QED) is 0.130. The summed E-state index contributed by atoms with van der Waals surface area (Å²) in [5, 5.41) is 30.8. The van der Waals surface area contributed by atoms with Gasteiger partial charge in [-0.15, -0.1) is 0 Å². The second-order valence-electron chi connectivity index (χ2n) is 20.0. The third-order valence-corrected chi connectivity index (χ3v) is 16.8. The second-order valence-corrected chi connectivity index (χ2v) is 20.0. The van der Waals surface area contributed by atoms with Gasteiger partial charge in [0.2, 0.25) is 11.8 Å². The van der Waals surface area contributed by atoms with E-state index in [0.29, 0.717) is 12.8 Å². The molecule has 8 fully saturated rings. The number of aliphatic hydroxyl groups is 2. The van der Waals surface area contributed by atoms with E-state index in [-0.39, 0.29) is 97.9 Å². The first kappa shape index (κ1) is 43.7. The summed E-state index contributed by atoms with van der Waals surface area (Å²) in [4.78, 5) is 60.4. The predicted molar refractivity (Wildman–Crippen MR) is 225 cm³/mol. The Bertz CT molecular complexity index is 1580. The largest absolute Gasteiger partial charge is 0.459 e. The Morgan fingerprint density at radius 3 is 2.25 bits per heavy atom. The fourth-order valence-corrected chi connectivity index (χ4v) is 14.3. The fraction of sp³-hybridized carbons (Fsp3) is 0.872. The number of nitrogens with two attached hydrogens (primary N) is 1. The van der Waals surface area contributed by atoms with Gasteiger partial charge in [0.1, 0.15) is 12.1 Å². The summed E-state index contributed by atoms with van der Waals surface area (Å²) in [7, 11) is 0. The number of hydrogen-bond acceptors (Lipinski definition) is 9. The topological polar surface area (TPSA) is 193 Å². The van der Waals surface area contributed by atoms with Crippen molar-refractivity contribution in [1.82, 2.24) is 20.9 Å². The van der Waals surface area contributed by atoms with Gasteiger partial charge in [0, 0.05) is 30.5 Å². The highest BCUT2D eigenvalue weighted by atomic mass is 16.6. The summed E-state index contributed by atoms with van der Waals surface area (Å²) in [5.74, 6) is 4.53. The van der Waals surface area contributed by atoms with E-state index in [1.165, 1.54) is 12.8 Å². The van der Waals surface area contributed by atoms with Crippen LogP contribution in [0, 0.1) is 58.7 Å². The minimum atomic E-state index is -1.31. The highest BCUT2D eigenvalue weighted by Crippen LogP contribution is 2.64. The molecule has 13 nitrogen and oxygen atoms in total. The molecule has 5 aliphatic carbocycles. The van der Waals surface area contributed by atoms with E-state index in [2.05, 4.69) is 32.7 Å². The summed E-state index contributed by atoms with van der Waals surface area (Å²) >= 11 is 0. The molecule has 8 aliphatic rings. The van der Waals surface area contributed by atoms with Crippen LogP contribution in [0.3, 0.4) is 0 Å². The molecule has 0 radical (unpaired) electrons. The maximum Gasteiger partial charge on any atom is 0.324 e. The number of morpholine rings is 1. The minimum absolute atomic E-state index is 0.0710. The molecule has 1 spiro atoms. The molecule has 0 bridgehead atoms. The Balaban J connectivity index is 1.27. The van der Waals surface area contributed by atoms with Gasteiger partial charge in [-0.05, 0) is 94.3 Å². The average molecular weight is 836 g/mol. The van der Waals surface area contributed by atoms with Crippen molar-refractivity contribution in [1.29, 1.82) is 0 Å². The van der Waals surface area contributed by atoms with E-state index in [1.807, 2.05) is 0 Å². The standard InChI is InChI=1S/C47H73N5O8/c48-46(58)49-24-12-13-29-22-23-35-34(27-29)47(45(57)51-35)38(43(55)50-28-36(54)30-14-4-1-5-15-30)40-44(56)60-41(32-18-8-3-9-19-32)39(31-16-6-2-7-17-31)52(40)42(47)33-20-10-11-21-37(33)59-26-25-53/h29-42,53-54H,1-11,14-28H2,(H,50,55)(H,51,57)(H3,48,49,58)/t29?,33?,34?,35?,36-,37?,38+,39+,40+,41-,42-,47+/m0/s1. The lowest BCUT2D eigenvalue weighted by Gasteiger charge is -2.54. The average Bonchev–Trinajstić information content (AvgIpc) is 3.75. The lowest BCUT2D eigenvalue weighted by Crippen LogP contribution is -2.66. The normalized spacial score (nSPS) is 38.5. The molecular formula is C47H73N5O8. The van der Waals surface area contributed by atoms with Gasteiger partial charge in [-0.25, -0.2) is 4.79 Å². The van der Waals surface area contributed by atoms with Crippen LogP contribution in [0.1, 0.15) is 141 Å². The van der Waals surface area contributed by atoms with Crippen LogP contribution in [0.15, 0.2) is 0 Å². The van der Waals surface area contributed by atoms with E-state index < -0.39 is 41.5 Å². The lowest BCUT2D eigenvalue weighted by molar-refractivity contribution is -0.192. The van der Waals surface area contributed by atoms with Crippen molar-refractivity contribution in [3.63, 3.8) is 0 Å². The molecule has 5 unspecified atom stereocenters. The number of aliphatic hydroxyl groups excluding tert-OH is 2. The van der Waals surface area contributed by atoms with Gasteiger partial charge in [0.05, 0.1) is 49.3 Å². The first-order valence-corrected chi connectivity index (χ1v) is 24.2. The lowest BCUT2D eigenvalue weighted by atomic mass is 9.55. The first-order chi connectivity index (χ1) is 29.2. The zero-order chi connectivity index (χ0) is 41.8. The molecule has 3 heterocycles. The molecule has 4 amide bonds. The Labute approximate surface area is 357 Å². The first-order valence-electron chi connectivity index (χ1n) is 24.2. The predicted octanol–water partition coefficient (Wildman–Crippen LogP) is 4.31. The number of rotatable bonds is 11. The van der Waals surface area contributed by atoms with Crippen LogP contribution < -0.4 is 21.7 Å². The van der Waals surface area contributed by atoms with Crippen molar-refractivity contribution in [3.8, 4) is 11.8 Å². The summed E-state index contributed by atoms with van der Waals surface area (Å²) in [6, 6.07) is -2.44. The zero-order valence-corrected chi connectivity index (χ0v) is 35.8. The fourth-order valence-electron chi connectivity index (χ4n) is 14.3. The van der Waals surface area contributed by atoms with Gasteiger partial charge in [-0.2, -0.15) is 0 Å². The number of esters is 1. The van der Waals surface area contributed by atoms with Gasteiger partial charge < -0.3 is 41.4 Å². The molecule has 7 N–H and O–H groups in total. The van der Waals surface area contributed by atoms with E-state index in [9.17, 15) is 15.0 Å². The third-order valence-electron chi connectivity index (χ3n) is 16.8. The maximum absolute atomic E-state index is 15.7. The Kier molecular flexibility index (Phi) is 14.3. The van der Waals surface area contributed by atoms with Gasteiger partial charge in [-0.3, -0.25) is 19.3 Å². The third kappa shape index (κ3) is 8.57. The molecule has 13 heteroatoms. The highest BCUT2D eigenvalue weighted by molar-refractivity contribution is 5.99. The molecule has 8 rings (SSSR count). The van der Waals surface area contributed by atoms with Crippen LogP contribution in [0.25, 0.3) is 0 Å². The van der Waals surface area contributed by atoms with E-state index >= 15 is 14.4 Å². The van der Waals surface area contributed by atoms with Crippen molar-refractivity contribution in [2.24, 2.45) is 52.6 Å². The minimum Gasteiger partial charge on any atom is -0.459 e. The Hall–Kier alpha value is -2.92. The molecule has 0 aromatic heterocycles. The van der Waals surface area contributed by atoms with Crippen molar-refractivity contribution >= 4 is 23.8 Å². The molecule has 0 aromatic rings. The molecule has 334 valence electrons. The summed E-state index contributed by atoms with van der Waals surface area (Å²) < 4.78 is 13.4. The Morgan fingerprint density at radius 2 is 1.55 bits per heavy atom. The van der Waals surface area contributed by atoms with Crippen molar-refractivity contribution in [3.05, 3.63) is 0 Å². The zero-order valence-electron chi connectivity index (χ0n) is 35.8. The summed E-state index contributed by atoms with van der Waals surface area (Å²) in [6.07, 6.45) is 20.1. The van der Waals surface area contributed by atoms with Gasteiger partial charge in [0.15, 0.2) is 0 Å². The van der Waals surface area contributed by atoms with Crippen molar-refractivity contribution in [2.45, 2.75) is 184 Å². The second kappa shape index (κ2) is 19.6. The number of primary amides is 1. The van der Waals surface area contributed by atoms with Gasteiger partial charge in [-0.1, -0.05) is 82.5 Å². The number of hydrogen-bond donors (Lipinski definition) is 6. The molecule has 5 saturated carbocycles. The smallest absolute Gasteiger partial charge is 0.324 e. The summed E-state index contributed by atoms with van der Waals surface area (Å²) in [6.45, 7) is 0.262. The molecular weight excluding hydrogens is 763 g/mol. The number of carbonyl (C=O) groups excluding carboxylic acids is 4. The number of carbonyl (C=O) groups is 4. The maximum atomic E-state index is 15.7. The van der Waals surface area contributed by atoms with E-state index in [0.717, 1.165) is 116 Å². The van der Waals surface area contributed by atoms with Crippen LogP contribution in [0.4, 0.5) is 4.79 Å². The number of urea groups is 1. The van der Waals surface area contributed by atoms with Crippen LogP contribution in [-0.2, 0) is 23.9 Å². The number of amides is 4. The van der Waals surface area contributed by atoms with Crippen molar-refractivity contribution < 1.29 is 38.9 Å². The van der Waals surface area contributed by atoms with Crippen LogP contribution >= 0.6 is 0 Å². The number of ether oxygens (including phenoxy) is 2. The number of nitrogens with zero attached hydrogens (tertiary/aromatic N) is 1. The SMILES string of the molecule is NC(=O)NCC#CC1CCC2NC(=O)[C@@]3(C2C1)[C@H](C1CCCCC1OCCO)N1[C@H](C2CCCCC2)[C@H](C2CCCCC2)OC(=O)[C@H]1[C@@H]3C(=O)NC[C@H](O)C1CCCCC1.